The van der Waals surface area contributed by atoms with Crippen molar-refractivity contribution >= 4 is 12.0 Å². The Morgan fingerprint density at radius 1 is 1.37 bits per heavy atom. The Kier molecular flexibility index (Phi) is 6.08. The van der Waals surface area contributed by atoms with E-state index in [0.717, 1.165) is 19.3 Å². The van der Waals surface area contributed by atoms with Gasteiger partial charge in [-0.05, 0) is 31.6 Å². The predicted octanol–water partition coefficient (Wildman–Crippen LogP) is 1.04. The molecule has 1 heterocycles. The lowest BCUT2D eigenvalue weighted by Gasteiger charge is -2.35. The number of hydrogen-bond acceptors (Lipinski definition) is 3. The van der Waals surface area contributed by atoms with Crippen molar-refractivity contribution in [2.75, 3.05) is 13.2 Å². The van der Waals surface area contributed by atoms with E-state index in [0.29, 0.717) is 13.0 Å². The molecular weight excluding hydrogens is 248 g/mol. The molecule has 0 aliphatic carbocycles. The number of piperidine rings is 1. The second kappa shape index (κ2) is 7.33. The monoisotopic (exact) mass is 272 g/mol. The zero-order valence-electron chi connectivity index (χ0n) is 11.6. The number of carbonyl (C=O) groups is 2. The van der Waals surface area contributed by atoms with E-state index in [-0.39, 0.29) is 24.6 Å². The molecule has 110 valence electrons. The first-order valence-corrected chi connectivity index (χ1v) is 6.86. The van der Waals surface area contributed by atoms with E-state index in [1.165, 1.54) is 0 Å². The van der Waals surface area contributed by atoms with Crippen molar-refractivity contribution in [2.24, 2.45) is 5.92 Å². The molecule has 1 saturated heterocycles. The number of carboxylic acid groups (broad SMARTS) is 1. The van der Waals surface area contributed by atoms with Crippen LogP contribution in [0.15, 0.2) is 0 Å². The van der Waals surface area contributed by atoms with E-state index in [2.05, 4.69) is 5.32 Å². The smallest absolute Gasteiger partial charge is 0.326 e. The Bertz CT molecular complexity index is 320. The van der Waals surface area contributed by atoms with E-state index in [9.17, 15) is 14.7 Å². The third kappa shape index (κ3) is 4.70. The number of nitrogens with zero attached hydrogens (tertiary/aromatic N) is 1. The van der Waals surface area contributed by atoms with E-state index >= 15 is 0 Å². The fraction of sp³-hybridized carbons (Fsp3) is 0.846. The molecule has 19 heavy (non-hydrogen) atoms. The van der Waals surface area contributed by atoms with E-state index in [4.69, 9.17) is 5.11 Å². The average Bonchev–Trinajstić information content (AvgIpc) is 2.37. The molecule has 0 bridgehead atoms. The van der Waals surface area contributed by atoms with Crippen molar-refractivity contribution in [2.45, 2.75) is 51.6 Å². The second-order valence-corrected chi connectivity index (χ2v) is 5.50. The Morgan fingerprint density at radius 3 is 2.58 bits per heavy atom. The van der Waals surface area contributed by atoms with Crippen LogP contribution in [0.4, 0.5) is 4.79 Å². The number of aliphatic hydroxyl groups excluding tert-OH is 1. The summed E-state index contributed by atoms with van der Waals surface area (Å²) in [5.74, 6) is -0.823. The molecule has 0 aromatic rings. The van der Waals surface area contributed by atoms with Crippen LogP contribution in [0.25, 0.3) is 0 Å². The minimum absolute atomic E-state index is 0.0741. The molecule has 1 aliphatic rings. The summed E-state index contributed by atoms with van der Waals surface area (Å²) in [5, 5.41) is 20.9. The van der Waals surface area contributed by atoms with Gasteiger partial charge in [0.05, 0.1) is 12.6 Å². The van der Waals surface area contributed by atoms with Gasteiger partial charge in [0, 0.05) is 6.54 Å². The van der Waals surface area contributed by atoms with Gasteiger partial charge in [-0.15, -0.1) is 0 Å². The highest BCUT2D eigenvalue weighted by Gasteiger charge is 2.29. The largest absolute Gasteiger partial charge is 0.480 e. The SMILES string of the molecule is CC(C)CC(NC(=O)N1CCCCC1CO)C(=O)O. The maximum atomic E-state index is 12.1. The van der Waals surface area contributed by atoms with Crippen LogP contribution < -0.4 is 5.32 Å². The van der Waals surface area contributed by atoms with Gasteiger partial charge in [-0.1, -0.05) is 13.8 Å². The number of rotatable bonds is 5. The fourth-order valence-electron chi connectivity index (χ4n) is 2.38. The van der Waals surface area contributed by atoms with Crippen molar-refractivity contribution < 1.29 is 19.8 Å². The van der Waals surface area contributed by atoms with E-state index < -0.39 is 12.0 Å². The summed E-state index contributed by atoms with van der Waals surface area (Å²) in [6.07, 6.45) is 3.06. The van der Waals surface area contributed by atoms with Gasteiger partial charge in [-0.2, -0.15) is 0 Å². The van der Waals surface area contributed by atoms with Crippen LogP contribution in [-0.2, 0) is 4.79 Å². The number of nitrogens with one attached hydrogen (secondary N) is 1. The van der Waals surface area contributed by atoms with Gasteiger partial charge in [-0.25, -0.2) is 9.59 Å². The van der Waals surface area contributed by atoms with Crippen LogP contribution in [0.5, 0.6) is 0 Å². The highest BCUT2D eigenvalue weighted by molar-refractivity contribution is 5.82. The summed E-state index contributed by atoms with van der Waals surface area (Å²) in [4.78, 5) is 24.8. The highest BCUT2D eigenvalue weighted by Crippen LogP contribution is 2.17. The standard InChI is InChI=1S/C13H24N2O4/c1-9(2)7-11(12(17)18)14-13(19)15-6-4-3-5-10(15)8-16/h9-11,16H,3-8H2,1-2H3,(H,14,19)(H,17,18). The summed E-state index contributed by atoms with van der Waals surface area (Å²) in [7, 11) is 0. The van der Waals surface area contributed by atoms with Gasteiger partial charge < -0.3 is 20.4 Å². The van der Waals surface area contributed by atoms with Crippen LogP contribution in [0.2, 0.25) is 0 Å². The summed E-state index contributed by atoms with van der Waals surface area (Å²) >= 11 is 0. The maximum absolute atomic E-state index is 12.1. The minimum Gasteiger partial charge on any atom is -0.480 e. The number of hydrogen-bond donors (Lipinski definition) is 3. The Balaban J connectivity index is 2.62. The van der Waals surface area contributed by atoms with Gasteiger partial charge in [0.1, 0.15) is 6.04 Å². The molecule has 2 unspecified atom stereocenters. The lowest BCUT2D eigenvalue weighted by atomic mass is 10.0. The first kappa shape index (κ1) is 15.8. The zero-order chi connectivity index (χ0) is 14.4. The Hall–Kier alpha value is -1.30. The molecule has 2 amide bonds. The number of aliphatic carboxylic acids is 1. The predicted molar refractivity (Wildman–Crippen MR) is 70.8 cm³/mol. The van der Waals surface area contributed by atoms with Gasteiger partial charge in [0.15, 0.2) is 0 Å². The minimum atomic E-state index is -1.01. The molecule has 2 atom stereocenters. The number of carboxylic acids is 1. The highest BCUT2D eigenvalue weighted by atomic mass is 16.4. The van der Waals surface area contributed by atoms with Crippen LogP contribution in [0, 0.1) is 5.92 Å². The first-order chi connectivity index (χ1) is 8.95. The molecule has 6 nitrogen and oxygen atoms in total. The number of amides is 2. The van der Waals surface area contributed by atoms with Crippen molar-refractivity contribution in [1.82, 2.24) is 10.2 Å². The van der Waals surface area contributed by atoms with Crippen LogP contribution in [-0.4, -0.2) is 52.3 Å². The third-order valence-electron chi connectivity index (χ3n) is 3.40. The molecule has 6 heteroatoms. The fourth-order valence-corrected chi connectivity index (χ4v) is 2.38. The molecule has 0 aromatic heterocycles. The Morgan fingerprint density at radius 2 is 2.05 bits per heavy atom. The third-order valence-corrected chi connectivity index (χ3v) is 3.40. The topological polar surface area (TPSA) is 89.9 Å². The Labute approximate surface area is 113 Å². The first-order valence-electron chi connectivity index (χ1n) is 6.86. The summed E-state index contributed by atoms with van der Waals surface area (Å²) < 4.78 is 0. The van der Waals surface area contributed by atoms with Crippen LogP contribution >= 0.6 is 0 Å². The van der Waals surface area contributed by atoms with Crippen LogP contribution in [0.3, 0.4) is 0 Å². The van der Waals surface area contributed by atoms with Gasteiger partial charge in [0.2, 0.25) is 0 Å². The quantitative estimate of drug-likeness (QED) is 0.697. The molecule has 1 fully saturated rings. The average molecular weight is 272 g/mol. The normalized spacial score (nSPS) is 21.3. The summed E-state index contributed by atoms with van der Waals surface area (Å²) in [6.45, 7) is 4.33. The molecule has 0 radical (unpaired) electrons. The number of aliphatic hydroxyl groups is 1. The van der Waals surface area contributed by atoms with Gasteiger partial charge in [-0.3, -0.25) is 0 Å². The van der Waals surface area contributed by atoms with Crippen molar-refractivity contribution in [3.8, 4) is 0 Å². The van der Waals surface area contributed by atoms with Crippen molar-refractivity contribution in [1.29, 1.82) is 0 Å². The lowest BCUT2D eigenvalue weighted by Crippen LogP contribution is -2.54. The number of likely N-dealkylation sites (tertiary alicyclic amines) is 1. The van der Waals surface area contributed by atoms with Crippen molar-refractivity contribution in [3.63, 3.8) is 0 Å². The molecule has 1 rings (SSSR count). The van der Waals surface area contributed by atoms with E-state index in [1.54, 1.807) is 4.90 Å². The van der Waals surface area contributed by atoms with Gasteiger partial charge >= 0.3 is 12.0 Å². The number of carbonyl (C=O) groups excluding carboxylic acids is 1. The molecule has 0 spiro atoms. The van der Waals surface area contributed by atoms with Gasteiger partial charge in [0.25, 0.3) is 0 Å². The molecule has 0 aromatic carbocycles. The molecule has 0 saturated carbocycles. The zero-order valence-corrected chi connectivity index (χ0v) is 11.6. The van der Waals surface area contributed by atoms with Crippen LogP contribution in [0.1, 0.15) is 39.5 Å². The van der Waals surface area contributed by atoms with E-state index in [1.807, 2.05) is 13.8 Å². The molecule has 1 aliphatic heterocycles. The van der Waals surface area contributed by atoms with Crippen molar-refractivity contribution in [3.05, 3.63) is 0 Å². The number of urea groups is 1. The molecule has 3 N–H and O–H groups in total. The second-order valence-electron chi connectivity index (χ2n) is 5.50. The summed E-state index contributed by atoms with van der Waals surface area (Å²) in [6, 6.07) is -1.44. The maximum Gasteiger partial charge on any atom is 0.326 e. The summed E-state index contributed by atoms with van der Waals surface area (Å²) in [5.41, 5.74) is 0. The molecular formula is C13H24N2O4. The lowest BCUT2D eigenvalue weighted by molar-refractivity contribution is -0.139.